The number of hydrogen-bond acceptors (Lipinski definition) is 9. The summed E-state index contributed by atoms with van der Waals surface area (Å²) in [7, 11) is -3.81. The van der Waals surface area contributed by atoms with Gasteiger partial charge in [0, 0.05) is 25.1 Å². The molecule has 3 unspecified atom stereocenters. The Hall–Kier alpha value is -3.68. The van der Waals surface area contributed by atoms with E-state index in [1.54, 1.807) is 36.7 Å². The van der Waals surface area contributed by atoms with Gasteiger partial charge in [-0.3, -0.25) is 19.6 Å². The second kappa shape index (κ2) is 11.8. The highest BCUT2D eigenvalue weighted by molar-refractivity contribution is 7.88. The number of sulfonamides is 1. The summed E-state index contributed by atoms with van der Waals surface area (Å²) in [6.07, 6.45) is 5.20. The number of fused-ring (bicyclic) bond motifs is 1. The summed E-state index contributed by atoms with van der Waals surface area (Å²) in [4.78, 5) is 49.8. The topological polar surface area (TPSA) is 139 Å². The Kier molecular flexibility index (Phi) is 8.24. The van der Waals surface area contributed by atoms with Crippen molar-refractivity contribution in [3.63, 3.8) is 0 Å². The van der Waals surface area contributed by atoms with Crippen LogP contribution in [0.25, 0.3) is 10.6 Å². The summed E-state index contributed by atoms with van der Waals surface area (Å²) in [5.74, 6) is -1.03. The minimum Gasteiger partial charge on any atom is -0.399 e. The normalized spacial score (nSPS) is 19.8. The third-order valence-corrected chi connectivity index (χ3v) is 9.75. The van der Waals surface area contributed by atoms with Gasteiger partial charge in [0.1, 0.15) is 12.1 Å². The van der Waals surface area contributed by atoms with Gasteiger partial charge in [0.25, 0.3) is 0 Å². The lowest BCUT2D eigenvalue weighted by Crippen LogP contribution is -2.53. The lowest BCUT2D eigenvalue weighted by atomic mass is 10.1. The molecule has 3 atom stereocenters. The highest BCUT2D eigenvalue weighted by atomic mass is 32.2. The van der Waals surface area contributed by atoms with Crippen LogP contribution in [0.5, 0.6) is 5.06 Å². The van der Waals surface area contributed by atoms with Crippen LogP contribution in [0.2, 0.25) is 0 Å². The maximum Gasteiger partial charge on any atom is 0.414 e. The van der Waals surface area contributed by atoms with Gasteiger partial charge in [0.15, 0.2) is 10.8 Å². The Morgan fingerprint density at radius 3 is 2.75 bits per heavy atom. The fourth-order valence-corrected chi connectivity index (χ4v) is 7.74. The Morgan fingerprint density at radius 1 is 1.18 bits per heavy atom. The molecule has 2 amide bonds. The average molecular weight is 584 g/mol. The number of thiophene rings is 1. The number of likely N-dealkylation sites (tertiary alicyclic amines) is 1. The molecule has 0 spiro atoms. The highest BCUT2D eigenvalue weighted by Crippen LogP contribution is 2.34. The van der Waals surface area contributed by atoms with Gasteiger partial charge < -0.3 is 15.0 Å². The number of nitrogens with one attached hydrogen (secondary N) is 1. The molecule has 2 aliphatic heterocycles. The molecule has 0 saturated carbocycles. The van der Waals surface area contributed by atoms with Crippen LogP contribution in [0.1, 0.15) is 31.7 Å². The molecule has 0 aromatic carbocycles. The minimum atomic E-state index is -3.81. The number of hydrogen-bond donors (Lipinski definition) is 1. The summed E-state index contributed by atoms with van der Waals surface area (Å²) in [5.41, 5.74) is 1.27. The minimum absolute atomic E-state index is 0.216. The van der Waals surface area contributed by atoms with E-state index >= 15 is 0 Å². The smallest absolute Gasteiger partial charge is 0.399 e. The number of pyridine rings is 2. The number of rotatable bonds is 9. The summed E-state index contributed by atoms with van der Waals surface area (Å²) >= 11 is 1.25. The molecule has 0 bridgehead atoms. The quantitative estimate of drug-likeness (QED) is 0.406. The van der Waals surface area contributed by atoms with Crippen molar-refractivity contribution in [3.8, 4) is 15.6 Å². The van der Waals surface area contributed by atoms with Crippen LogP contribution in [-0.2, 0) is 25.4 Å². The largest absolute Gasteiger partial charge is 0.414 e. The average Bonchev–Trinajstić information content (AvgIpc) is 3.66. The third kappa shape index (κ3) is 5.91. The van der Waals surface area contributed by atoms with Crippen molar-refractivity contribution in [1.82, 2.24) is 24.5 Å². The number of amides is 2. The van der Waals surface area contributed by atoms with E-state index in [1.807, 2.05) is 25.1 Å². The van der Waals surface area contributed by atoms with E-state index in [4.69, 9.17) is 4.74 Å². The zero-order chi connectivity index (χ0) is 28.3. The number of carbonyl (C=O) groups excluding carboxylic acids is 3. The third-order valence-electron chi connectivity index (χ3n) is 6.95. The molecule has 5 rings (SSSR count). The summed E-state index contributed by atoms with van der Waals surface area (Å²) in [6, 6.07) is 9.88. The predicted octanol–water partition coefficient (Wildman–Crippen LogP) is 2.85. The molecule has 3 aromatic rings. The molecule has 2 aliphatic rings. The Labute approximate surface area is 236 Å². The molecule has 210 valence electrons. The van der Waals surface area contributed by atoms with Crippen molar-refractivity contribution < 1.29 is 27.5 Å². The fourth-order valence-electron chi connectivity index (χ4n) is 5.19. The molecule has 2 saturated heterocycles. The van der Waals surface area contributed by atoms with Gasteiger partial charge in [-0.15, -0.1) is 0 Å². The van der Waals surface area contributed by atoms with E-state index in [2.05, 4.69) is 15.3 Å². The molecule has 0 aliphatic carbocycles. The van der Waals surface area contributed by atoms with Gasteiger partial charge in [-0.2, -0.15) is 4.31 Å². The van der Waals surface area contributed by atoms with Crippen LogP contribution in [0.3, 0.4) is 0 Å². The van der Waals surface area contributed by atoms with Crippen molar-refractivity contribution in [2.45, 2.75) is 50.1 Å². The van der Waals surface area contributed by atoms with Crippen molar-refractivity contribution in [3.05, 3.63) is 66.6 Å². The highest BCUT2D eigenvalue weighted by Gasteiger charge is 2.54. The Bertz CT molecular complexity index is 1480. The van der Waals surface area contributed by atoms with Gasteiger partial charge in [0.05, 0.1) is 28.9 Å². The van der Waals surface area contributed by atoms with Gasteiger partial charge >= 0.3 is 6.09 Å². The summed E-state index contributed by atoms with van der Waals surface area (Å²) < 4.78 is 33.0. The van der Waals surface area contributed by atoms with Crippen molar-refractivity contribution in [2.24, 2.45) is 0 Å². The van der Waals surface area contributed by atoms with E-state index in [-0.39, 0.29) is 24.6 Å². The molecule has 3 aromatic heterocycles. The van der Waals surface area contributed by atoms with Gasteiger partial charge in [0.2, 0.25) is 15.9 Å². The second-order valence-electron chi connectivity index (χ2n) is 9.67. The van der Waals surface area contributed by atoms with Crippen LogP contribution in [0.15, 0.2) is 61.1 Å². The number of aromatic nitrogens is 2. The number of nitrogens with zero attached hydrogens (tertiary/aromatic N) is 4. The number of carbonyl (C=O) groups is 3. The molecular weight excluding hydrogens is 554 g/mol. The molecule has 11 nitrogen and oxygen atoms in total. The first-order valence-electron chi connectivity index (χ1n) is 13.0. The van der Waals surface area contributed by atoms with Crippen LogP contribution < -0.4 is 10.1 Å². The molecule has 13 heteroatoms. The standard InChI is InChI=1S/C27H29N5O6S2/c1-2-6-20(30-27(35)38-24-10-9-23(39-24)19-8-3-4-13-29-19)26(34)31-14-11-21-25(31)22(33)16-32(21)40(36,37)17-18-7-5-12-28-15-18/h3-5,7-10,12-13,15,20-21,25H,2,6,11,14,16-17H2,1H3,(H,30,35). The van der Waals surface area contributed by atoms with Crippen LogP contribution in [0.4, 0.5) is 4.79 Å². The Morgan fingerprint density at radius 2 is 2.02 bits per heavy atom. The lowest BCUT2D eigenvalue weighted by molar-refractivity contribution is -0.138. The van der Waals surface area contributed by atoms with Crippen LogP contribution in [-0.4, -0.2) is 76.6 Å². The van der Waals surface area contributed by atoms with Gasteiger partial charge in [-0.25, -0.2) is 13.2 Å². The number of ether oxygens (including phenoxy) is 1. The van der Waals surface area contributed by atoms with E-state index in [0.29, 0.717) is 29.9 Å². The van der Waals surface area contributed by atoms with E-state index in [1.165, 1.54) is 26.7 Å². The first kappa shape index (κ1) is 27.9. The molecule has 1 N–H and O–H groups in total. The fraction of sp³-hybridized carbons (Fsp3) is 0.370. The summed E-state index contributed by atoms with van der Waals surface area (Å²) in [5, 5.41) is 3.00. The first-order chi connectivity index (χ1) is 19.3. The van der Waals surface area contributed by atoms with Crippen LogP contribution >= 0.6 is 11.3 Å². The molecule has 0 radical (unpaired) electrons. The van der Waals surface area contributed by atoms with Crippen molar-refractivity contribution in [1.29, 1.82) is 0 Å². The van der Waals surface area contributed by atoms with Crippen molar-refractivity contribution in [2.75, 3.05) is 13.1 Å². The second-order valence-corrected chi connectivity index (χ2v) is 12.6. The molecule has 5 heterocycles. The number of Topliss-reactive ketones (excluding diaryl/α,β-unsaturated/α-hetero) is 1. The zero-order valence-electron chi connectivity index (χ0n) is 21.8. The van der Waals surface area contributed by atoms with Crippen LogP contribution in [0, 0.1) is 0 Å². The SMILES string of the molecule is CCCC(NC(=O)Oc1ccc(-c2ccccn2)s1)C(=O)N1CCC2C1C(=O)CN2S(=O)(=O)Cc1cccnc1. The predicted molar refractivity (Wildman–Crippen MR) is 148 cm³/mol. The first-order valence-corrected chi connectivity index (χ1v) is 15.4. The molecular formula is C27H29N5O6S2. The number of ketones is 1. The monoisotopic (exact) mass is 583 g/mol. The maximum atomic E-state index is 13.6. The van der Waals surface area contributed by atoms with Crippen molar-refractivity contribution >= 4 is 39.1 Å². The van der Waals surface area contributed by atoms with Gasteiger partial charge in [-0.05, 0) is 48.7 Å². The maximum absolute atomic E-state index is 13.6. The lowest BCUT2D eigenvalue weighted by Gasteiger charge is -2.28. The zero-order valence-corrected chi connectivity index (χ0v) is 23.4. The van der Waals surface area contributed by atoms with E-state index in [9.17, 15) is 22.8 Å². The molecule has 2 fully saturated rings. The molecule has 40 heavy (non-hydrogen) atoms. The summed E-state index contributed by atoms with van der Waals surface area (Å²) in [6.45, 7) is 1.81. The van der Waals surface area contributed by atoms with Gasteiger partial charge in [-0.1, -0.05) is 36.8 Å². The Balaban J connectivity index is 1.24. The van der Waals surface area contributed by atoms with E-state index < -0.39 is 40.1 Å². The van der Waals surface area contributed by atoms with E-state index in [0.717, 1.165) is 10.6 Å².